The molecule has 1 aliphatic heterocycles. The van der Waals surface area contributed by atoms with E-state index in [1.807, 2.05) is 0 Å². The highest BCUT2D eigenvalue weighted by molar-refractivity contribution is 6.32. The number of amides is 3. The monoisotopic (exact) mass is 403 g/mol. The SMILES string of the molecule is CCOc1cc([N+](=O)[O-])cc(C=C2NC(=O)N(c3cccc(Cl)c3)C2=O)c1O. The lowest BCUT2D eigenvalue weighted by atomic mass is 10.1. The predicted molar refractivity (Wildman–Crippen MR) is 101 cm³/mol. The maximum Gasteiger partial charge on any atom is 0.333 e. The van der Waals surface area contributed by atoms with E-state index < -0.39 is 16.9 Å². The molecule has 0 radical (unpaired) electrons. The molecule has 1 fully saturated rings. The number of nitrogens with one attached hydrogen (secondary N) is 1. The second-order valence-corrected chi connectivity index (χ2v) is 6.12. The Morgan fingerprint density at radius 3 is 2.71 bits per heavy atom. The number of nitro groups is 1. The third-order valence-corrected chi connectivity index (χ3v) is 4.08. The first kappa shape index (κ1) is 19.2. The molecule has 3 amide bonds. The van der Waals surface area contributed by atoms with Gasteiger partial charge in [0.2, 0.25) is 0 Å². The number of rotatable bonds is 5. The third-order valence-electron chi connectivity index (χ3n) is 3.84. The molecular weight excluding hydrogens is 390 g/mol. The smallest absolute Gasteiger partial charge is 0.333 e. The number of carbonyl (C=O) groups is 2. The van der Waals surface area contributed by atoms with Crippen LogP contribution in [0, 0.1) is 10.1 Å². The summed E-state index contributed by atoms with van der Waals surface area (Å²) >= 11 is 5.90. The van der Waals surface area contributed by atoms with Gasteiger partial charge < -0.3 is 15.2 Å². The summed E-state index contributed by atoms with van der Waals surface area (Å²) < 4.78 is 5.20. The van der Waals surface area contributed by atoms with E-state index in [0.29, 0.717) is 5.02 Å². The number of nitrogens with zero attached hydrogens (tertiary/aromatic N) is 2. The van der Waals surface area contributed by atoms with Crippen molar-refractivity contribution in [1.29, 1.82) is 0 Å². The molecule has 2 aromatic rings. The van der Waals surface area contributed by atoms with E-state index in [1.54, 1.807) is 19.1 Å². The molecule has 1 heterocycles. The number of ether oxygens (including phenoxy) is 1. The van der Waals surface area contributed by atoms with Crippen LogP contribution < -0.4 is 15.0 Å². The van der Waals surface area contributed by atoms with Crippen LogP contribution in [-0.4, -0.2) is 28.6 Å². The molecular formula is C18H14ClN3O6. The van der Waals surface area contributed by atoms with Gasteiger partial charge in [0.1, 0.15) is 5.70 Å². The maximum atomic E-state index is 12.7. The van der Waals surface area contributed by atoms with Gasteiger partial charge in [-0.2, -0.15) is 0 Å². The van der Waals surface area contributed by atoms with E-state index in [4.69, 9.17) is 16.3 Å². The number of non-ortho nitro benzene ring substituents is 1. The maximum absolute atomic E-state index is 12.7. The average Bonchev–Trinajstić information content (AvgIpc) is 2.91. The molecule has 10 heteroatoms. The molecule has 0 saturated carbocycles. The van der Waals surface area contributed by atoms with Gasteiger partial charge in [-0.25, -0.2) is 9.69 Å². The van der Waals surface area contributed by atoms with Gasteiger partial charge in [-0.05, 0) is 31.2 Å². The Labute approximate surface area is 163 Å². The molecule has 0 spiro atoms. The average molecular weight is 404 g/mol. The molecule has 0 unspecified atom stereocenters. The molecule has 3 rings (SSSR count). The summed E-state index contributed by atoms with van der Waals surface area (Å²) in [6.45, 7) is 1.82. The number of phenols is 1. The number of hydrogen-bond acceptors (Lipinski definition) is 6. The lowest BCUT2D eigenvalue weighted by Crippen LogP contribution is -2.30. The highest BCUT2D eigenvalue weighted by Crippen LogP contribution is 2.36. The number of aromatic hydroxyl groups is 1. The van der Waals surface area contributed by atoms with E-state index in [-0.39, 0.29) is 40.7 Å². The van der Waals surface area contributed by atoms with Crippen LogP contribution in [-0.2, 0) is 4.79 Å². The van der Waals surface area contributed by atoms with Gasteiger partial charge in [-0.3, -0.25) is 14.9 Å². The summed E-state index contributed by atoms with van der Waals surface area (Å²) in [5, 5.41) is 24.2. The van der Waals surface area contributed by atoms with Crippen molar-refractivity contribution in [1.82, 2.24) is 5.32 Å². The lowest BCUT2D eigenvalue weighted by Gasteiger charge is -2.11. The highest BCUT2D eigenvalue weighted by atomic mass is 35.5. The molecule has 0 bridgehead atoms. The number of benzene rings is 2. The molecule has 9 nitrogen and oxygen atoms in total. The molecule has 2 aromatic carbocycles. The number of halogens is 1. The fourth-order valence-corrected chi connectivity index (χ4v) is 2.82. The first-order valence-corrected chi connectivity index (χ1v) is 8.46. The number of imide groups is 1. The predicted octanol–water partition coefficient (Wildman–Crippen LogP) is 3.45. The molecule has 2 N–H and O–H groups in total. The second kappa shape index (κ2) is 7.57. The van der Waals surface area contributed by atoms with Crippen molar-refractivity contribution >= 4 is 41.0 Å². The Kier molecular flexibility index (Phi) is 5.18. The Morgan fingerprint density at radius 1 is 1.32 bits per heavy atom. The van der Waals surface area contributed by atoms with Crippen molar-refractivity contribution < 1.29 is 24.4 Å². The number of nitro benzene ring substituents is 1. The topological polar surface area (TPSA) is 122 Å². The van der Waals surface area contributed by atoms with E-state index in [2.05, 4.69) is 5.32 Å². The van der Waals surface area contributed by atoms with Crippen LogP contribution in [0.3, 0.4) is 0 Å². The Bertz CT molecular complexity index is 1020. The van der Waals surface area contributed by atoms with Crippen molar-refractivity contribution in [2.24, 2.45) is 0 Å². The minimum atomic E-state index is -0.714. The van der Waals surface area contributed by atoms with Crippen LogP contribution in [0.4, 0.5) is 16.2 Å². The summed E-state index contributed by atoms with van der Waals surface area (Å²) in [6.07, 6.45) is 1.15. The van der Waals surface area contributed by atoms with Gasteiger partial charge in [0.15, 0.2) is 11.5 Å². The van der Waals surface area contributed by atoms with Crippen LogP contribution >= 0.6 is 11.6 Å². The molecule has 1 aliphatic rings. The van der Waals surface area contributed by atoms with Crippen molar-refractivity contribution in [3.63, 3.8) is 0 Å². The first-order valence-electron chi connectivity index (χ1n) is 8.08. The van der Waals surface area contributed by atoms with Gasteiger partial charge in [-0.1, -0.05) is 17.7 Å². The van der Waals surface area contributed by atoms with Gasteiger partial charge >= 0.3 is 6.03 Å². The summed E-state index contributed by atoms with van der Waals surface area (Å²) in [5.41, 5.74) is -0.286. The fraction of sp³-hybridized carbons (Fsp3) is 0.111. The quantitative estimate of drug-likeness (QED) is 0.341. The van der Waals surface area contributed by atoms with E-state index in [0.717, 1.165) is 23.1 Å². The van der Waals surface area contributed by atoms with Crippen molar-refractivity contribution in [3.05, 3.63) is 62.8 Å². The van der Waals surface area contributed by atoms with Crippen molar-refractivity contribution in [2.75, 3.05) is 11.5 Å². The zero-order valence-corrected chi connectivity index (χ0v) is 15.3. The molecule has 144 valence electrons. The van der Waals surface area contributed by atoms with Gasteiger partial charge in [0.25, 0.3) is 11.6 Å². The van der Waals surface area contributed by atoms with Crippen LogP contribution in [0.15, 0.2) is 42.1 Å². The van der Waals surface area contributed by atoms with Crippen LogP contribution in [0.5, 0.6) is 11.5 Å². The molecule has 0 atom stereocenters. The molecule has 0 aromatic heterocycles. The molecule has 0 aliphatic carbocycles. The number of hydrogen-bond donors (Lipinski definition) is 2. The zero-order valence-electron chi connectivity index (χ0n) is 14.5. The largest absolute Gasteiger partial charge is 0.504 e. The van der Waals surface area contributed by atoms with E-state index in [1.165, 1.54) is 12.1 Å². The lowest BCUT2D eigenvalue weighted by molar-refractivity contribution is -0.385. The Hall–Kier alpha value is -3.59. The van der Waals surface area contributed by atoms with Gasteiger partial charge in [0.05, 0.1) is 23.3 Å². The standard InChI is InChI=1S/C18H14ClN3O6/c1-2-28-15-9-13(22(26)27)6-10(16(15)23)7-14-17(24)21(18(25)20-14)12-5-3-4-11(19)8-12/h3-9,23H,2H2,1H3,(H,20,25). The van der Waals surface area contributed by atoms with E-state index >= 15 is 0 Å². The number of anilines is 1. The Balaban J connectivity index is 2.03. The minimum Gasteiger partial charge on any atom is -0.504 e. The normalized spacial score (nSPS) is 15.1. The van der Waals surface area contributed by atoms with Crippen molar-refractivity contribution in [3.8, 4) is 11.5 Å². The molecule has 28 heavy (non-hydrogen) atoms. The zero-order chi connectivity index (χ0) is 20.4. The van der Waals surface area contributed by atoms with Crippen molar-refractivity contribution in [2.45, 2.75) is 6.92 Å². The number of phenolic OH excluding ortho intramolecular Hbond substituents is 1. The van der Waals surface area contributed by atoms with Crippen LogP contribution in [0.1, 0.15) is 12.5 Å². The van der Waals surface area contributed by atoms with Gasteiger partial charge in [-0.15, -0.1) is 0 Å². The second-order valence-electron chi connectivity index (χ2n) is 5.68. The summed E-state index contributed by atoms with van der Waals surface area (Å²) in [7, 11) is 0. The third kappa shape index (κ3) is 3.60. The summed E-state index contributed by atoms with van der Waals surface area (Å²) in [5.74, 6) is -1.19. The fourth-order valence-electron chi connectivity index (χ4n) is 2.64. The molecule has 1 saturated heterocycles. The summed E-state index contributed by atoms with van der Waals surface area (Å²) in [6, 6.07) is 7.59. The van der Waals surface area contributed by atoms with Crippen LogP contribution in [0.2, 0.25) is 5.02 Å². The number of carbonyl (C=O) groups excluding carboxylic acids is 2. The van der Waals surface area contributed by atoms with Crippen LogP contribution in [0.25, 0.3) is 6.08 Å². The first-order chi connectivity index (χ1) is 13.3. The highest BCUT2D eigenvalue weighted by Gasteiger charge is 2.35. The Morgan fingerprint density at radius 2 is 2.07 bits per heavy atom. The van der Waals surface area contributed by atoms with E-state index in [9.17, 15) is 24.8 Å². The van der Waals surface area contributed by atoms with Gasteiger partial charge in [0, 0.05) is 16.7 Å². The number of urea groups is 1. The minimum absolute atomic E-state index is 0.0470. The summed E-state index contributed by atoms with van der Waals surface area (Å²) in [4.78, 5) is 36.2.